The lowest BCUT2D eigenvalue weighted by molar-refractivity contribution is -0.141. The van der Waals surface area contributed by atoms with Gasteiger partial charge in [0, 0.05) is 93.6 Å². The first-order valence-electron chi connectivity index (χ1n) is 26.7. The number of hydrogen-bond acceptors (Lipinski definition) is 15. The summed E-state index contributed by atoms with van der Waals surface area (Å²) in [5.74, 6) is 2.52. The molecule has 73 heavy (non-hydrogen) atoms. The average Bonchev–Trinajstić information content (AvgIpc) is 4.04. The van der Waals surface area contributed by atoms with E-state index >= 15 is 0 Å². The Morgan fingerprint density at radius 3 is 2.37 bits per heavy atom. The SMILES string of the molecule is C#Cc1ccc(CNC(=O)[C@@H]2C[C@@H](O)CN2C(=O)C(c2cc(OCCN3CCC(N4CCC(N5CCC(CN6CCN7c8cc(-c9ccccc9O)nnc8NC[C@H]7C6)CC5)CC4)CC3)no2)C(C)C)c(F)c1. The van der Waals surface area contributed by atoms with Crippen molar-refractivity contribution < 1.29 is 33.5 Å². The summed E-state index contributed by atoms with van der Waals surface area (Å²) in [4.78, 5) is 42.0. The number of aromatic nitrogens is 3. The molecule has 5 saturated heterocycles. The first-order valence-corrected chi connectivity index (χ1v) is 26.7. The number of piperazine rings is 1. The van der Waals surface area contributed by atoms with Gasteiger partial charge in [0.05, 0.1) is 23.5 Å². The van der Waals surface area contributed by atoms with Gasteiger partial charge in [0.1, 0.15) is 30.1 Å². The van der Waals surface area contributed by atoms with E-state index in [2.05, 4.69) is 62.5 Å². The molecule has 2 amide bonds. The Morgan fingerprint density at radius 1 is 0.904 bits per heavy atom. The van der Waals surface area contributed by atoms with Crippen molar-refractivity contribution in [1.82, 2.24) is 45.2 Å². The van der Waals surface area contributed by atoms with E-state index in [0.29, 0.717) is 53.2 Å². The topological polar surface area (TPSA) is 179 Å². The highest BCUT2D eigenvalue weighted by molar-refractivity contribution is 5.91. The molecule has 2 aromatic heterocycles. The number of benzene rings is 2. The average molecular weight is 1000 g/mol. The summed E-state index contributed by atoms with van der Waals surface area (Å²) in [5, 5.41) is 40.3. The number of anilines is 2. The minimum Gasteiger partial charge on any atom is -0.507 e. The number of phenols is 1. The number of carbonyl (C=O) groups is 2. The van der Waals surface area contributed by atoms with Crippen molar-refractivity contribution in [1.29, 1.82) is 0 Å². The summed E-state index contributed by atoms with van der Waals surface area (Å²) < 4.78 is 26.3. The molecule has 6 aliphatic heterocycles. The predicted molar refractivity (Wildman–Crippen MR) is 275 cm³/mol. The number of aliphatic hydroxyl groups is 1. The summed E-state index contributed by atoms with van der Waals surface area (Å²) in [6.45, 7) is 16.8. The van der Waals surface area contributed by atoms with Crippen LogP contribution in [0, 0.1) is 30.0 Å². The number of rotatable bonds is 15. The van der Waals surface area contributed by atoms with Crippen LogP contribution in [0.4, 0.5) is 15.9 Å². The second-order valence-electron chi connectivity index (χ2n) is 21.5. The fourth-order valence-electron chi connectivity index (χ4n) is 12.4. The van der Waals surface area contributed by atoms with Gasteiger partial charge in [0.2, 0.25) is 11.8 Å². The van der Waals surface area contributed by atoms with E-state index in [9.17, 15) is 24.2 Å². The molecule has 1 unspecified atom stereocenters. The number of β-amino-alcohol motifs (C(OH)–C–C–N with tert-alkyl or cyclic N) is 1. The largest absolute Gasteiger partial charge is 0.507 e. The number of carbonyl (C=O) groups excluding carboxylic acids is 2. The van der Waals surface area contributed by atoms with Crippen LogP contribution < -0.4 is 20.3 Å². The van der Waals surface area contributed by atoms with Crippen molar-refractivity contribution in [3.05, 3.63) is 77.3 Å². The number of amides is 2. The van der Waals surface area contributed by atoms with Gasteiger partial charge in [-0.2, -0.15) is 0 Å². The van der Waals surface area contributed by atoms with Gasteiger partial charge in [-0.1, -0.05) is 38.0 Å². The van der Waals surface area contributed by atoms with E-state index in [1.54, 1.807) is 18.2 Å². The second kappa shape index (κ2) is 22.7. The summed E-state index contributed by atoms with van der Waals surface area (Å²) in [5.41, 5.74) is 3.15. The van der Waals surface area contributed by atoms with E-state index in [1.165, 1.54) is 75.4 Å². The van der Waals surface area contributed by atoms with Gasteiger partial charge in [-0.3, -0.25) is 19.4 Å². The van der Waals surface area contributed by atoms with Gasteiger partial charge in [0.15, 0.2) is 11.6 Å². The van der Waals surface area contributed by atoms with Crippen LogP contribution in [0.5, 0.6) is 11.6 Å². The molecule has 8 heterocycles. The summed E-state index contributed by atoms with van der Waals surface area (Å²) >= 11 is 0. The minimum atomic E-state index is -0.924. The van der Waals surface area contributed by atoms with E-state index in [4.69, 9.17) is 15.7 Å². The predicted octanol–water partition coefficient (Wildman–Crippen LogP) is 4.61. The van der Waals surface area contributed by atoms with Crippen LogP contribution in [-0.2, 0) is 16.1 Å². The minimum absolute atomic E-state index is 0.00261. The van der Waals surface area contributed by atoms with Crippen LogP contribution in [-0.4, -0.2) is 184 Å². The van der Waals surface area contributed by atoms with Gasteiger partial charge >= 0.3 is 0 Å². The number of terminal acetylenes is 1. The number of ether oxygens (including phenoxy) is 1. The van der Waals surface area contributed by atoms with Crippen LogP contribution in [0.15, 0.2) is 59.1 Å². The molecule has 4 atom stereocenters. The number of fused-ring (bicyclic) bond motifs is 3. The Bertz CT molecular complexity index is 2590. The van der Waals surface area contributed by atoms with Gasteiger partial charge in [0.25, 0.3) is 5.88 Å². The van der Waals surface area contributed by atoms with Gasteiger partial charge in [-0.05, 0) is 125 Å². The Kier molecular flexibility index (Phi) is 15.8. The number of aromatic hydroxyl groups is 1. The molecule has 4 aromatic rings. The molecule has 390 valence electrons. The monoisotopic (exact) mass is 1000 g/mol. The Labute approximate surface area is 428 Å². The highest BCUT2D eigenvalue weighted by Gasteiger charge is 2.44. The van der Waals surface area contributed by atoms with Crippen molar-refractivity contribution in [3.8, 4) is 35.2 Å². The molecule has 0 radical (unpaired) electrons. The Hall–Kier alpha value is -5.84. The van der Waals surface area contributed by atoms with Crippen LogP contribution in [0.1, 0.15) is 81.6 Å². The number of nitrogens with zero attached hydrogens (tertiary/aromatic N) is 9. The van der Waals surface area contributed by atoms with Crippen LogP contribution in [0.2, 0.25) is 0 Å². The third-order valence-electron chi connectivity index (χ3n) is 16.5. The fraction of sp³-hybridized carbons (Fsp3) is 0.582. The van der Waals surface area contributed by atoms with Crippen molar-refractivity contribution >= 4 is 23.3 Å². The van der Waals surface area contributed by atoms with Gasteiger partial charge in [-0.15, -0.1) is 16.6 Å². The molecule has 0 bridgehead atoms. The second-order valence-corrected chi connectivity index (χ2v) is 21.5. The summed E-state index contributed by atoms with van der Waals surface area (Å²) in [6, 6.07) is 16.2. The van der Waals surface area contributed by atoms with E-state index in [1.807, 2.05) is 32.0 Å². The lowest BCUT2D eigenvalue weighted by Crippen LogP contribution is -2.58. The molecule has 0 saturated carbocycles. The molecule has 10 rings (SSSR count). The van der Waals surface area contributed by atoms with Crippen molar-refractivity contribution in [2.24, 2.45) is 11.8 Å². The maximum atomic E-state index is 14.6. The zero-order valence-corrected chi connectivity index (χ0v) is 42.4. The number of hydrogen-bond donors (Lipinski definition) is 4. The Morgan fingerprint density at radius 2 is 1.64 bits per heavy atom. The van der Waals surface area contributed by atoms with Crippen LogP contribution in [0.25, 0.3) is 11.3 Å². The molecule has 0 aliphatic carbocycles. The van der Waals surface area contributed by atoms with Crippen molar-refractivity contribution in [3.63, 3.8) is 0 Å². The first kappa shape index (κ1) is 50.7. The third kappa shape index (κ3) is 11.6. The van der Waals surface area contributed by atoms with Crippen molar-refractivity contribution in [2.75, 3.05) is 102 Å². The number of nitrogens with one attached hydrogen (secondary N) is 2. The van der Waals surface area contributed by atoms with Crippen LogP contribution in [0.3, 0.4) is 0 Å². The Balaban J connectivity index is 0.615. The molecule has 18 heteroatoms. The van der Waals surface area contributed by atoms with Gasteiger partial charge < -0.3 is 49.7 Å². The molecular formula is C55H72FN11O6. The number of piperidine rings is 3. The number of likely N-dealkylation sites (tertiary alicyclic amines) is 4. The zero-order valence-electron chi connectivity index (χ0n) is 42.4. The highest BCUT2D eigenvalue weighted by Crippen LogP contribution is 2.37. The number of phenolic OH excluding ortho intramolecular Hbond substituents is 1. The number of para-hydroxylation sites is 1. The summed E-state index contributed by atoms with van der Waals surface area (Å²) in [6.07, 6.45) is 11.9. The zero-order chi connectivity index (χ0) is 50.6. The number of aliphatic hydroxyl groups excluding tert-OH is 1. The highest BCUT2D eigenvalue weighted by atomic mass is 19.1. The molecule has 2 aromatic carbocycles. The molecule has 17 nitrogen and oxygen atoms in total. The lowest BCUT2D eigenvalue weighted by atomic mass is 9.91. The standard InChI is InChI=1S/C55H72FN11O6/c1-4-37-9-10-39(45(56)27-37)31-58-54(70)48-28-43(68)35-67(48)55(71)52(36(2)3)50-30-51(61-73-50)72-26-25-62-17-13-40(14-18-62)65-21-15-41(16-22-65)64-19-11-38(12-20-64)33-63-23-24-66-42(34-63)32-57-53-47(66)29-46(59-60-53)44-7-5-6-8-49(44)69/h1,5-10,27,29-30,36,38,40-43,48,52,68-69H,11-26,28,31-35H2,2-3H3,(H,57,60)(H,58,70)/t42-,43+,48-,52?/m0/s1. The quantitative estimate of drug-likeness (QED) is 0.121. The summed E-state index contributed by atoms with van der Waals surface area (Å²) in [7, 11) is 0. The lowest BCUT2D eigenvalue weighted by Gasteiger charge is -2.47. The number of halogens is 1. The maximum Gasteiger partial charge on any atom is 0.254 e. The molecular weight excluding hydrogens is 930 g/mol. The molecule has 4 N–H and O–H groups in total. The smallest absolute Gasteiger partial charge is 0.254 e. The molecule has 0 spiro atoms. The van der Waals surface area contributed by atoms with E-state index in [-0.39, 0.29) is 42.6 Å². The maximum absolute atomic E-state index is 14.6. The van der Waals surface area contributed by atoms with E-state index in [0.717, 1.165) is 76.1 Å². The van der Waals surface area contributed by atoms with Crippen LogP contribution >= 0.6 is 0 Å². The third-order valence-corrected chi connectivity index (χ3v) is 16.5. The normalized spacial score (nSPS) is 23.4. The fourth-order valence-corrected chi connectivity index (χ4v) is 12.4. The van der Waals surface area contributed by atoms with E-state index < -0.39 is 29.8 Å². The first-order chi connectivity index (χ1) is 35.5. The molecule has 6 aliphatic rings. The molecule has 5 fully saturated rings. The van der Waals surface area contributed by atoms with Crippen molar-refractivity contribution in [2.45, 2.75) is 102 Å². The van der Waals surface area contributed by atoms with Gasteiger partial charge in [-0.25, -0.2) is 4.39 Å².